The normalized spacial score (nSPS) is 20.1. The molecule has 0 saturated carbocycles. The number of nitrogens with two attached hydrogens (primary N) is 1. The van der Waals surface area contributed by atoms with Crippen molar-refractivity contribution in [1.82, 2.24) is 0 Å². The van der Waals surface area contributed by atoms with Crippen LogP contribution in [-0.4, -0.2) is 30.9 Å². The number of likely N-dealkylation sites (N-methyl/N-ethyl adjacent to an activating group) is 1. The van der Waals surface area contributed by atoms with Crippen LogP contribution in [0.15, 0.2) is 18.2 Å². The highest BCUT2D eigenvalue weighted by molar-refractivity contribution is 6.04. The summed E-state index contributed by atoms with van der Waals surface area (Å²) in [4.78, 5) is 25.1. The summed E-state index contributed by atoms with van der Waals surface area (Å²) in [6.07, 6.45) is -0.502. The van der Waals surface area contributed by atoms with E-state index < -0.39 is 12.1 Å². The van der Waals surface area contributed by atoms with E-state index in [9.17, 15) is 9.59 Å². The van der Waals surface area contributed by atoms with Gasteiger partial charge in [-0.2, -0.15) is 0 Å². The van der Waals surface area contributed by atoms with Gasteiger partial charge in [0.15, 0.2) is 11.9 Å². The van der Waals surface area contributed by atoms with Gasteiger partial charge in [-0.15, -0.1) is 0 Å². The third kappa shape index (κ3) is 1.97. The number of Topliss-reactive ketones (excluding diaryl/α,β-unsaturated/α-hetero) is 1. The maximum Gasteiger partial charge on any atom is 0.267 e. The van der Waals surface area contributed by atoms with Crippen molar-refractivity contribution in [1.29, 1.82) is 0 Å². The van der Waals surface area contributed by atoms with E-state index in [-0.39, 0.29) is 11.7 Å². The second kappa shape index (κ2) is 4.42. The van der Waals surface area contributed by atoms with Gasteiger partial charge in [-0.05, 0) is 32.0 Å². The summed E-state index contributed by atoms with van der Waals surface area (Å²) >= 11 is 0. The molecule has 0 bridgehead atoms. The summed E-state index contributed by atoms with van der Waals surface area (Å²) < 4.78 is 5.48. The molecule has 1 aromatic rings. The molecule has 0 aliphatic carbocycles. The van der Waals surface area contributed by atoms with Crippen molar-refractivity contribution in [2.75, 3.05) is 11.9 Å². The molecule has 2 N–H and O–H groups in total. The number of hydrogen-bond acceptors (Lipinski definition) is 4. The zero-order valence-corrected chi connectivity index (χ0v) is 10.6. The monoisotopic (exact) mass is 248 g/mol. The van der Waals surface area contributed by atoms with Crippen LogP contribution in [0.2, 0.25) is 0 Å². The highest BCUT2D eigenvalue weighted by atomic mass is 16.5. The number of ether oxygens (including phenoxy) is 1. The molecular weight excluding hydrogens is 232 g/mol. The number of hydrogen-bond donors (Lipinski definition) is 1. The molecule has 1 aliphatic heterocycles. The first-order valence-electron chi connectivity index (χ1n) is 5.80. The second-order valence-electron chi connectivity index (χ2n) is 4.49. The minimum Gasteiger partial charge on any atom is -0.479 e. The fraction of sp³-hybridized carbons (Fsp3) is 0.385. The van der Waals surface area contributed by atoms with Crippen molar-refractivity contribution in [3.8, 4) is 5.75 Å². The van der Waals surface area contributed by atoms with Crippen LogP contribution in [0.1, 0.15) is 24.2 Å². The van der Waals surface area contributed by atoms with E-state index in [1.807, 2.05) is 0 Å². The summed E-state index contributed by atoms with van der Waals surface area (Å²) in [5, 5.41) is 0. The molecule has 1 heterocycles. The Morgan fingerprint density at radius 1 is 1.50 bits per heavy atom. The van der Waals surface area contributed by atoms with Gasteiger partial charge >= 0.3 is 0 Å². The number of rotatable bonds is 2. The maximum atomic E-state index is 11.8. The SMILES string of the molecule is CC(N)C(=O)c1ccc2c(c1)N(C)C(=O)C(C)O2. The molecule has 2 atom stereocenters. The molecule has 0 saturated heterocycles. The van der Waals surface area contributed by atoms with Gasteiger partial charge in [-0.3, -0.25) is 9.59 Å². The van der Waals surface area contributed by atoms with Crippen molar-refractivity contribution in [3.05, 3.63) is 23.8 Å². The van der Waals surface area contributed by atoms with Gasteiger partial charge in [-0.1, -0.05) is 0 Å². The lowest BCUT2D eigenvalue weighted by atomic mass is 10.0. The molecule has 2 rings (SSSR count). The lowest BCUT2D eigenvalue weighted by molar-refractivity contribution is -0.125. The van der Waals surface area contributed by atoms with Gasteiger partial charge < -0.3 is 15.4 Å². The van der Waals surface area contributed by atoms with Crippen LogP contribution in [-0.2, 0) is 4.79 Å². The Morgan fingerprint density at radius 2 is 2.17 bits per heavy atom. The third-order valence-electron chi connectivity index (χ3n) is 3.00. The Labute approximate surface area is 106 Å². The van der Waals surface area contributed by atoms with Crippen molar-refractivity contribution < 1.29 is 14.3 Å². The standard InChI is InChI=1S/C13H16N2O3/c1-7(14)12(16)9-4-5-11-10(6-9)15(3)13(17)8(2)18-11/h4-8H,14H2,1-3H3. The lowest BCUT2D eigenvalue weighted by Gasteiger charge is -2.30. The molecule has 0 fully saturated rings. The largest absolute Gasteiger partial charge is 0.479 e. The Balaban J connectivity index is 2.44. The van der Waals surface area contributed by atoms with Crippen LogP contribution in [0.25, 0.3) is 0 Å². The number of carbonyl (C=O) groups is 2. The van der Waals surface area contributed by atoms with Crippen LogP contribution in [0.4, 0.5) is 5.69 Å². The summed E-state index contributed by atoms with van der Waals surface area (Å²) in [5.41, 5.74) is 6.66. The van der Waals surface area contributed by atoms with E-state index in [1.165, 1.54) is 4.90 Å². The number of fused-ring (bicyclic) bond motifs is 1. The molecule has 1 aromatic carbocycles. The van der Waals surface area contributed by atoms with Gasteiger partial charge in [0, 0.05) is 12.6 Å². The first-order valence-corrected chi connectivity index (χ1v) is 5.80. The van der Waals surface area contributed by atoms with E-state index >= 15 is 0 Å². The predicted octanol–water partition coefficient (Wildman–Crippen LogP) is 0.960. The molecule has 2 unspecified atom stereocenters. The van der Waals surface area contributed by atoms with Crippen LogP contribution in [0.5, 0.6) is 5.75 Å². The van der Waals surface area contributed by atoms with Crippen LogP contribution in [0.3, 0.4) is 0 Å². The molecule has 1 amide bonds. The fourth-order valence-corrected chi connectivity index (χ4v) is 1.93. The molecule has 0 aromatic heterocycles. The van der Waals surface area contributed by atoms with Gasteiger partial charge in [0.25, 0.3) is 5.91 Å². The highest BCUT2D eigenvalue weighted by Gasteiger charge is 2.29. The van der Waals surface area contributed by atoms with Crippen LogP contribution >= 0.6 is 0 Å². The Hall–Kier alpha value is -1.88. The van der Waals surface area contributed by atoms with Crippen LogP contribution < -0.4 is 15.4 Å². The van der Waals surface area contributed by atoms with Crippen molar-refractivity contribution >= 4 is 17.4 Å². The minimum atomic E-state index is -0.563. The first kappa shape index (κ1) is 12.6. The molecular formula is C13H16N2O3. The molecule has 0 radical (unpaired) electrons. The Kier molecular flexibility index (Phi) is 3.09. The van der Waals surface area contributed by atoms with E-state index in [4.69, 9.17) is 10.5 Å². The van der Waals surface area contributed by atoms with Crippen LogP contribution in [0, 0.1) is 0 Å². The number of benzene rings is 1. The average molecular weight is 248 g/mol. The van der Waals surface area contributed by atoms with Crippen molar-refractivity contribution in [2.45, 2.75) is 26.0 Å². The van der Waals surface area contributed by atoms with Crippen molar-refractivity contribution in [3.63, 3.8) is 0 Å². The predicted molar refractivity (Wildman–Crippen MR) is 67.9 cm³/mol. The highest BCUT2D eigenvalue weighted by Crippen LogP contribution is 2.34. The van der Waals surface area contributed by atoms with E-state index in [2.05, 4.69) is 0 Å². The smallest absolute Gasteiger partial charge is 0.267 e. The minimum absolute atomic E-state index is 0.132. The second-order valence-corrected chi connectivity index (χ2v) is 4.49. The summed E-state index contributed by atoms with van der Waals surface area (Å²) in [5.74, 6) is 0.316. The summed E-state index contributed by atoms with van der Waals surface area (Å²) in [6.45, 7) is 3.33. The first-order chi connectivity index (χ1) is 8.41. The molecule has 5 nitrogen and oxygen atoms in total. The lowest BCUT2D eigenvalue weighted by Crippen LogP contribution is -2.42. The number of nitrogens with zero attached hydrogens (tertiary/aromatic N) is 1. The average Bonchev–Trinajstić information content (AvgIpc) is 2.35. The molecule has 18 heavy (non-hydrogen) atoms. The van der Waals surface area contributed by atoms with E-state index in [0.29, 0.717) is 17.0 Å². The number of anilines is 1. The number of carbonyl (C=O) groups excluding carboxylic acids is 2. The maximum absolute atomic E-state index is 11.8. The van der Waals surface area contributed by atoms with Gasteiger partial charge in [0.1, 0.15) is 5.75 Å². The summed E-state index contributed by atoms with van der Waals surface area (Å²) in [7, 11) is 1.67. The van der Waals surface area contributed by atoms with E-state index in [1.54, 1.807) is 39.1 Å². The molecule has 96 valence electrons. The molecule has 5 heteroatoms. The number of amides is 1. The van der Waals surface area contributed by atoms with Gasteiger partial charge in [0.2, 0.25) is 0 Å². The van der Waals surface area contributed by atoms with Gasteiger partial charge in [0.05, 0.1) is 11.7 Å². The summed E-state index contributed by atoms with van der Waals surface area (Å²) in [6, 6.07) is 4.45. The Bertz CT molecular complexity index is 511. The topological polar surface area (TPSA) is 72.6 Å². The third-order valence-corrected chi connectivity index (χ3v) is 3.00. The number of ketones is 1. The quantitative estimate of drug-likeness (QED) is 0.791. The van der Waals surface area contributed by atoms with Crippen molar-refractivity contribution in [2.24, 2.45) is 5.73 Å². The van der Waals surface area contributed by atoms with E-state index in [0.717, 1.165) is 0 Å². The fourth-order valence-electron chi connectivity index (χ4n) is 1.93. The zero-order valence-electron chi connectivity index (χ0n) is 10.6. The van der Waals surface area contributed by atoms with Gasteiger partial charge in [-0.25, -0.2) is 0 Å². The Morgan fingerprint density at radius 3 is 2.78 bits per heavy atom. The zero-order chi connectivity index (χ0) is 13.4. The molecule has 0 spiro atoms. The molecule has 1 aliphatic rings.